The van der Waals surface area contributed by atoms with Gasteiger partial charge in [0.1, 0.15) is 0 Å². The second-order valence-electron chi connectivity index (χ2n) is 4.48. The Morgan fingerprint density at radius 1 is 1.40 bits per heavy atom. The molecule has 2 rings (SSSR count). The highest BCUT2D eigenvalue weighted by molar-refractivity contribution is 7.80. The molecule has 0 bridgehead atoms. The fraction of sp³-hybridized carbons (Fsp3) is 0.286. The molecule has 1 atom stereocenters. The first kappa shape index (κ1) is 14.8. The van der Waals surface area contributed by atoms with Crippen molar-refractivity contribution in [2.75, 3.05) is 14.2 Å². The van der Waals surface area contributed by atoms with E-state index in [9.17, 15) is 4.79 Å². The molecule has 0 fully saturated rings. The zero-order chi connectivity index (χ0) is 14.9. The van der Waals surface area contributed by atoms with E-state index in [2.05, 4.69) is 5.32 Å². The summed E-state index contributed by atoms with van der Waals surface area (Å²) in [5.74, 6) is -0.371. The van der Waals surface area contributed by atoms with Gasteiger partial charge in [-0.3, -0.25) is 0 Å². The number of esters is 1. The minimum atomic E-state index is -0.371. The standard InChI is InChI=1S/C14H15ClN2O2S/c1-8-11(13(18)19-3)12(16-14(20)17(8)2)9-4-6-10(15)7-5-9/h4-7,12H,1-3H3,(H,16,20)/t12-/m0/s1. The van der Waals surface area contributed by atoms with Crippen LogP contribution in [0, 0.1) is 0 Å². The highest BCUT2D eigenvalue weighted by atomic mass is 35.5. The van der Waals surface area contributed by atoms with Crippen molar-refractivity contribution in [1.29, 1.82) is 0 Å². The van der Waals surface area contributed by atoms with E-state index in [1.54, 1.807) is 17.0 Å². The van der Waals surface area contributed by atoms with E-state index in [1.807, 2.05) is 26.1 Å². The lowest BCUT2D eigenvalue weighted by Gasteiger charge is -2.35. The van der Waals surface area contributed by atoms with Crippen LogP contribution < -0.4 is 5.32 Å². The van der Waals surface area contributed by atoms with E-state index in [0.717, 1.165) is 11.3 Å². The minimum Gasteiger partial charge on any atom is -0.466 e. The molecule has 20 heavy (non-hydrogen) atoms. The number of rotatable bonds is 2. The Bertz CT molecular complexity index is 583. The van der Waals surface area contributed by atoms with Gasteiger partial charge in [0.2, 0.25) is 0 Å². The number of ether oxygens (including phenoxy) is 1. The Morgan fingerprint density at radius 3 is 2.55 bits per heavy atom. The van der Waals surface area contributed by atoms with Crippen molar-refractivity contribution in [3.63, 3.8) is 0 Å². The van der Waals surface area contributed by atoms with Crippen LogP contribution in [0.1, 0.15) is 18.5 Å². The summed E-state index contributed by atoms with van der Waals surface area (Å²) >= 11 is 11.2. The lowest BCUT2D eigenvalue weighted by Crippen LogP contribution is -2.46. The van der Waals surface area contributed by atoms with Crippen LogP contribution in [0.25, 0.3) is 0 Å². The summed E-state index contributed by atoms with van der Waals surface area (Å²) in [6.45, 7) is 1.85. The van der Waals surface area contributed by atoms with Gasteiger partial charge in [0.05, 0.1) is 18.7 Å². The highest BCUT2D eigenvalue weighted by Gasteiger charge is 2.32. The van der Waals surface area contributed by atoms with Crippen LogP contribution in [0.4, 0.5) is 0 Å². The van der Waals surface area contributed by atoms with Gasteiger partial charge in [-0.25, -0.2) is 4.79 Å². The summed E-state index contributed by atoms with van der Waals surface area (Å²) in [5, 5.41) is 4.36. The van der Waals surface area contributed by atoms with E-state index >= 15 is 0 Å². The molecule has 1 aromatic carbocycles. The molecule has 4 nitrogen and oxygen atoms in total. The van der Waals surface area contributed by atoms with E-state index in [-0.39, 0.29) is 12.0 Å². The van der Waals surface area contributed by atoms with Crippen molar-refractivity contribution >= 4 is 34.9 Å². The molecule has 0 unspecified atom stereocenters. The number of hydrogen-bond donors (Lipinski definition) is 1. The molecule has 106 valence electrons. The molecule has 0 aromatic heterocycles. The molecule has 1 heterocycles. The molecule has 0 radical (unpaired) electrons. The summed E-state index contributed by atoms with van der Waals surface area (Å²) < 4.78 is 4.89. The maximum atomic E-state index is 12.1. The molecule has 6 heteroatoms. The second-order valence-corrected chi connectivity index (χ2v) is 5.31. The summed E-state index contributed by atoms with van der Waals surface area (Å²) in [6.07, 6.45) is 0. The number of thiocarbonyl (C=S) groups is 1. The molecule has 1 aliphatic heterocycles. The topological polar surface area (TPSA) is 41.6 Å². The summed E-state index contributed by atoms with van der Waals surface area (Å²) in [4.78, 5) is 13.8. The number of carbonyl (C=O) groups is 1. The number of nitrogens with zero attached hydrogens (tertiary/aromatic N) is 1. The van der Waals surface area contributed by atoms with Crippen LogP contribution in [0.5, 0.6) is 0 Å². The molecular weight excluding hydrogens is 296 g/mol. The van der Waals surface area contributed by atoms with Gasteiger partial charge in [-0.1, -0.05) is 23.7 Å². The average Bonchev–Trinajstić information content (AvgIpc) is 2.44. The summed E-state index contributed by atoms with van der Waals surface area (Å²) in [5.41, 5.74) is 2.23. The predicted molar refractivity (Wildman–Crippen MR) is 82.4 cm³/mol. The van der Waals surface area contributed by atoms with Crippen molar-refractivity contribution in [3.8, 4) is 0 Å². The summed E-state index contributed by atoms with van der Waals surface area (Å²) in [7, 11) is 3.18. The van der Waals surface area contributed by atoms with E-state index in [0.29, 0.717) is 15.7 Å². The van der Waals surface area contributed by atoms with Gasteiger partial charge in [0.15, 0.2) is 5.11 Å². The molecule has 0 spiro atoms. The number of methoxy groups -OCH3 is 1. The third kappa shape index (κ3) is 2.64. The van der Waals surface area contributed by atoms with Crippen molar-refractivity contribution in [2.24, 2.45) is 0 Å². The van der Waals surface area contributed by atoms with Gasteiger partial charge < -0.3 is 15.0 Å². The van der Waals surface area contributed by atoms with E-state index in [1.165, 1.54) is 7.11 Å². The maximum Gasteiger partial charge on any atom is 0.337 e. The van der Waals surface area contributed by atoms with Crippen LogP contribution >= 0.6 is 23.8 Å². The average molecular weight is 311 g/mol. The number of benzene rings is 1. The normalized spacial score (nSPS) is 18.9. The molecule has 1 N–H and O–H groups in total. The molecular formula is C14H15ClN2O2S. The zero-order valence-corrected chi connectivity index (χ0v) is 13.0. The predicted octanol–water partition coefficient (Wildman–Crippen LogP) is 2.65. The van der Waals surface area contributed by atoms with Gasteiger partial charge in [-0.2, -0.15) is 0 Å². The Morgan fingerprint density at radius 2 is 2.00 bits per heavy atom. The van der Waals surface area contributed by atoms with E-state index < -0.39 is 0 Å². The van der Waals surface area contributed by atoms with Crippen LogP contribution in [-0.4, -0.2) is 30.1 Å². The van der Waals surface area contributed by atoms with Crippen LogP contribution in [0.2, 0.25) is 5.02 Å². The van der Waals surface area contributed by atoms with Crippen molar-refractivity contribution in [1.82, 2.24) is 10.2 Å². The lowest BCUT2D eigenvalue weighted by atomic mass is 9.95. The van der Waals surface area contributed by atoms with Crippen molar-refractivity contribution in [3.05, 3.63) is 46.1 Å². The van der Waals surface area contributed by atoms with Gasteiger partial charge in [-0.15, -0.1) is 0 Å². The Balaban J connectivity index is 2.51. The summed E-state index contributed by atoms with van der Waals surface area (Å²) in [6, 6.07) is 6.96. The number of nitrogens with one attached hydrogen (secondary N) is 1. The molecule has 0 saturated heterocycles. The smallest absolute Gasteiger partial charge is 0.337 e. The first-order chi connectivity index (χ1) is 9.45. The van der Waals surface area contributed by atoms with Crippen LogP contribution in [-0.2, 0) is 9.53 Å². The van der Waals surface area contributed by atoms with Crippen LogP contribution in [0.15, 0.2) is 35.5 Å². The quantitative estimate of drug-likeness (QED) is 0.672. The van der Waals surface area contributed by atoms with Gasteiger partial charge in [0, 0.05) is 17.8 Å². The molecule has 0 aliphatic carbocycles. The second kappa shape index (κ2) is 5.81. The minimum absolute atomic E-state index is 0.330. The maximum absolute atomic E-state index is 12.1. The first-order valence-electron chi connectivity index (χ1n) is 6.04. The largest absolute Gasteiger partial charge is 0.466 e. The van der Waals surface area contributed by atoms with Crippen molar-refractivity contribution in [2.45, 2.75) is 13.0 Å². The monoisotopic (exact) mass is 310 g/mol. The molecule has 1 aliphatic rings. The zero-order valence-electron chi connectivity index (χ0n) is 11.4. The number of allylic oxidation sites excluding steroid dienone is 1. The molecule has 1 aromatic rings. The Hall–Kier alpha value is -1.59. The molecule has 0 saturated carbocycles. The third-order valence-corrected chi connectivity index (χ3v) is 4.01. The Kier molecular flexibility index (Phi) is 4.30. The van der Waals surface area contributed by atoms with E-state index in [4.69, 9.17) is 28.6 Å². The fourth-order valence-corrected chi connectivity index (χ4v) is 2.50. The van der Waals surface area contributed by atoms with Crippen molar-refractivity contribution < 1.29 is 9.53 Å². The lowest BCUT2D eigenvalue weighted by molar-refractivity contribution is -0.136. The van der Waals surface area contributed by atoms with Gasteiger partial charge in [-0.05, 0) is 36.8 Å². The SMILES string of the molecule is COC(=O)C1=C(C)N(C)C(=S)N[C@H]1c1ccc(Cl)cc1. The third-order valence-electron chi connectivity index (χ3n) is 3.36. The van der Waals surface area contributed by atoms with Crippen LogP contribution in [0.3, 0.4) is 0 Å². The number of halogens is 1. The number of hydrogen-bond acceptors (Lipinski definition) is 3. The Labute approximate surface area is 128 Å². The fourth-order valence-electron chi connectivity index (χ4n) is 2.12. The first-order valence-corrected chi connectivity index (χ1v) is 6.83. The highest BCUT2D eigenvalue weighted by Crippen LogP contribution is 2.31. The number of carbonyl (C=O) groups excluding carboxylic acids is 1. The van der Waals surface area contributed by atoms with Gasteiger partial charge >= 0.3 is 5.97 Å². The van der Waals surface area contributed by atoms with Gasteiger partial charge in [0.25, 0.3) is 0 Å². The molecule has 0 amide bonds.